The summed E-state index contributed by atoms with van der Waals surface area (Å²) in [5, 5.41) is 3.32. The van der Waals surface area contributed by atoms with Crippen molar-refractivity contribution in [2.45, 2.75) is 0 Å². The molecule has 3 heterocycles. The third-order valence-electron chi connectivity index (χ3n) is 3.03. The number of pyridine rings is 1. The van der Waals surface area contributed by atoms with Gasteiger partial charge in [0.15, 0.2) is 11.5 Å². The van der Waals surface area contributed by atoms with Crippen molar-refractivity contribution >= 4 is 21.6 Å². The molecule has 0 aliphatic carbocycles. The van der Waals surface area contributed by atoms with Gasteiger partial charge in [0, 0.05) is 22.5 Å². The van der Waals surface area contributed by atoms with Crippen molar-refractivity contribution in [3.63, 3.8) is 0 Å². The van der Waals surface area contributed by atoms with E-state index >= 15 is 0 Å². The molecule has 0 unspecified atom stereocenters. The van der Waals surface area contributed by atoms with Gasteiger partial charge in [-0.25, -0.2) is 4.98 Å². The van der Waals surface area contributed by atoms with Crippen molar-refractivity contribution in [3.05, 3.63) is 41.9 Å². The molecule has 0 saturated carbocycles. The zero-order valence-electron chi connectivity index (χ0n) is 9.42. The van der Waals surface area contributed by atoms with Crippen LogP contribution in [0.25, 0.3) is 21.3 Å². The van der Waals surface area contributed by atoms with E-state index in [1.807, 2.05) is 24.4 Å². The first-order valence-corrected chi connectivity index (χ1v) is 6.52. The molecule has 4 heteroatoms. The Balaban J connectivity index is 1.92. The Bertz CT molecular complexity index is 735. The first kappa shape index (κ1) is 9.91. The summed E-state index contributed by atoms with van der Waals surface area (Å²) in [7, 11) is 0. The van der Waals surface area contributed by atoms with Gasteiger partial charge in [0.05, 0.1) is 0 Å². The Kier molecular flexibility index (Phi) is 2.04. The summed E-state index contributed by atoms with van der Waals surface area (Å²) in [4.78, 5) is 5.42. The lowest BCUT2D eigenvalue weighted by molar-refractivity contribution is 0.174. The van der Waals surface area contributed by atoms with Crippen LogP contribution in [0, 0.1) is 0 Å². The van der Waals surface area contributed by atoms with E-state index in [9.17, 15) is 0 Å². The van der Waals surface area contributed by atoms with Crippen molar-refractivity contribution in [2.75, 3.05) is 6.79 Å². The zero-order chi connectivity index (χ0) is 11.9. The predicted molar refractivity (Wildman–Crippen MR) is 71.2 cm³/mol. The number of fused-ring (bicyclic) bond motifs is 2. The fourth-order valence-electron chi connectivity index (χ4n) is 2.16. The maximum atomic E-state index is 5.41. The molecule has 1 aromatic carbocycles. The molecule has 1 aliphatic rings. The van der Waals surface area contributed by atoms with Crippen molar-refractivity contribution in [1.29, 1.82) is 0 Å². The quantitative estimate of drug-likeness (QED) is 0.664. The molecule has 1 aliphatic heterocycles. The van der Waals surface area contributed by atoms with E-state index in [1.165, 1.54) is 10.9 Å². The SMILES string of the molecule is c1cnc2scc(-c3ccc4c(c3)OCO4)c2c1. The lowest BCUT2D eigenvalue weighted by Crippen LogP contribution is -1.92. The van der Waals surface area contributed by atoms with Crippen LogP contribution < -0.4 is 9.47 Å². The number of ether oxygens (including phenoxy) is 2. The van der Waals surface area contributed by atoms with Crippen LogP contribution in [0.5, 0.6) is 11.5 Å². The molecule has 3 nitrogen and oxygen atoms in total. The molecule has 0 radical (unpaired) electrons. The summed E-state index contributed by atoms with van der Waals surface area (Å²) < 4.78 is 10.7. The largest absolute Gasteiger partial charge is 0.454 e. The van der Waals surface area contributed by atoms with Gasteiger partial charge in [0.1, 0.15) is 4.83 Å². The van der Waals surface area contributed by atoms with Gasteiger partial charge in [-0.1, -0.05) is 6.07 Å². The highest BCUT2D eigenvalue weighted by Crippen LogP contribution is 2.39. The minimum Gasteiger partial charge on any atom is -0.454 e. The van der Waals surface area contributed by atoms with E-state index in [0.717, 1.165) is 21.9 Å². The fourth-order valence-corrected chi connectivity index (χ4v) is 3.07. The van der Waals surface area contributed by atoms with Crippen molar-refractivity contribution in [2.24, 2.45) is 0 Å². The second-order valence-electron chi connectivity index (χ2n) is 4.07. The lowest BCUT2D eigenvalue weighted by Gasteiger charge is -2.01. The van der Waals surface area contributed by atoms with Crippen LogP contribution in [0.2, 0.25) is 0 Å². The van der Waals surface area contributed by atoms with Gasteiger partial charge in [-0.2, -0.15) is 0 Å². The molecule has 18 heavy (non-hydrogen) atoms. The Labute approximate surface area is 108 Å². The van der Waals surface area contributed by atoms with E-state index in [2.05, 4.69) is 22.5 Å². The minimum absolute atomic E-state index is 0.310. The maximum Gasteiger partial charge on any atom is 0.231 e. The summed E-state index contributed by atoms with van der Waals surface area (Å²) in [5.74, 6) is 1.63. The predicted octanol–water partition coefficient (Wildman–Crippen LogP) is 3.69. The van der Waals surface area contributed by atoms with E-state index in [1.54, 1.807) is 11.3 Å². The molecular formula is C14H9NO2S. The number of aromatic nitrogens is 1. The smallest absolute Gasteiger partial charge is 0.231 e. The lowest BCUT2D eigenvalue weighted by atomic mass is 10.1. The molecule has 0 fully saturated rings. The van der Waals surface area contributed by atoms with Crippen molar-refractivity contribution < 1.29 is 9.47 Å². The number of rotatable bonds is 1. The number of benzene rings is 1. The van der Waals surface area contributed by atoms with Crippen LogP contribution in [-0.2, 0) is 0 Å². The van der Waals surface area contributed by atoms with Gasteiger partial charge < -0.3 is 9.47 Å². The second kappa shape index (κ2) is 3.71. The molecule has 0 atom stereocenters. The van der Waals surface area contributed by atoms with Crippen LogP contribution in [-0.4, -0.2) is 11.8 Å². The van der Waals surface area contributed by atoms with Gasteiger partial charge >= 0.3 is 0 Å². The fraction of sp³-hybridized carbons (Fsp3) is 0.0714. The number of thiophene rings is 1. The van der Waals surface area contributed by atoms with Crippen LogP contribution >= 0.6 is 11.3 Å². The zero-order valence-corrected chi connectivity index (χ0v) is 10.2. The van der Waals surface area contributed by atoms with Gasteiger partial charge in [-0.3, -0.25) is 0 Å². The van der Waals surface area contributed by atoms with Crippen molar-refractivity contribution in [1.82, 2.24) is 4.98 Å². The summed E-state index contributed by atoms with van der Waals surface area (Å²) in [5.41, 5.74) is 2.33. The Hall–Kier alpha value is -2.07. The minimum atomic E-state index is 0.310. The normalized spacial score (nSPS) is 13.1. The Morgan fingerprint density at radius 1 is 1.11 bits per heavy atom. The van der Waals surface area contributed by atoms with E-state index < -0.39 is 0 Å². The highest BCUT2D eigenvalue weighted by atomic mass is 32.1. The third kappa shape index (κ3) is 1.39. The maximum absolute atomic E-state index is 5.41. The van der Waals surface area contributed by atoms with Crippen LogP contribution in [0.3, 0.4) is 0 Å². The monoisotopic (exact) mass is 255 g/mol. The average Bonchev–Trinajstić information content (AvgIpc) is 3.04. The Morgan fingerprint density at radius 3 is 3.06 bits per heavy atom. The van der Waals surface area contributed by atoms with Gasteiger partial charge in [0.2, 0.25) is 6.79 Å². The molecule has 4 rings (SSSR count). The molecule has 0 saturated heterocycles. The standard InChI is InChI=1S/C14H9NO2S/c1-2-10-11(7-18-14(10)15-5-1)9-3-4-12-13(6-9)17-8-16-12/h1-7H,8H2. The highest BCUT2D eigenvalue weighted by molar-refractivity contribution is 7.17. The third-order valence-corrected chi connectivity index (χ3v) is 3.94. The van der Waals surface area contributed by atoms with E-state index in [0.29, 0.717) is 6.79 Å². The summed E-state index contributed by atoms with van der Waals surface area (Å²) in [6, 6.07) is 10.1. The first-order chi connectivity index (χ1) is 8.92. The molecule has 88 valence electrons. The molecule has 0 spiro atoms. The number of hydrogen-bond donors (Lipinski definition) is 0. The van der Waals surface area contributed by atoms with Crippen LogP contribution in [0.4, 0.5) is 0 Å². The van der Waals surface area contributed by atoms with Crippen molar-refractivity contribution in [3.8, 4) is 22.6 Å². The summed E-state index contributed by atoms with van der Waals surface area (Å²) in [6.07, 6.45) is 1.82. The molecule has 0 bridgehead atoms. The topological polar surface area (TPSA) is 31.4 Å². The van der Waals surface area contributed by atoms with Gasteiger partial charge in [0.25, 0.3) is 0 Å². The Morgan fingerprint density at radius 2 is 2.06 bits per heavy atom. The molecule has 2 aromatic heterocycles. The van der Waals surface area contributed by atoms with Gasteiger partial charge in [-0.15, -0.1) is 11.3 Å². The molecule has 0 amide bonds. The summed E-state index contributed by atoms with van der Waals surface area (Å²) in [6.45, 7) is 0.310. The summed E-state index contributed by atoms with van der Waals surface area (Å²) >= 11 is 1.66. The molecular weight excluding hydrogens is 246 g/mol. The second-order valence-corrected chi connectivity index (χ2v) is 4.93. The first-order valence-electron chi connectivity index (χ1n) is 5.64. The van der Waals surface area contributed by atoms with Gasteiger partial charge in [-0.05, 0) is 29.8 Å². The number of hydrogen-bond acceptors (Lipinski definition) is 4. The molecule has 3 aromatic rings. The average molecular weight is 255 g/mol. The van der Waals surface area contributed by atoms with Crippen LogP contribution in [0.15, 0.2) is 41.9 Å². The number of nitrogens with zero attached hydrogens (tertiary/aromatic N) is 1. The van der Waals surface area contributed by atoms with E-state index in [4.69, 9.17) is 9.47 Å². The molecule has 0 N–H and O–H groups in total. The van der Waals surface area contributed by atoms with Crippen LogP contribution in [0.1, 0.15) is 0 Å². The van der Waals surface area contributed by atoms with E-state index in [-0.39, 0.29) is 0 Å². The highest BCUT2D eigenvalue weighted by Gasteiger charge is 2.15.